The van der Waals surface area contributed by atoms with Crippen LogP contribution in [0.2, 0.25) is 0 Å². The lowest BCUT2D eigenvalue weighted by molar-refractivity contribution is -0.380. The minimum Gasteiger partial charge on any atom is -0.487 e. The van der Waals surface area contributed by atoms with Crippen LogP contribution in [0.4, 0.5) is 5.69 Å². The first kappa shape index (κ1) is 11.7. The van der Waals surface area contributed by atoms with Gasteiger partial charge in [0.25, 0.3) is 5.69 Å². The number of benzene rings is 1. The first-order valence-corrected chi connectivity index (χ1v) is 6.39. The Morgan fingerprint density at radius 3 is 2.89 bits per heavy atom. The molecule has 2 atom stereocenters. The maximum atomic E-state index is 11.1. The Morgan fingerprint density at radius 2 is 2.28 bits per heavy atom. The summed E-state index contributed by atoms with van der Waals surface area (Å²) in [6, 6.07) is 3.88. The largest absolute Gasteiger partial charge is 0.487 e. The molecule has 1 aromatic rings. The van der Waals surface area contributed by atoms with Crippen LogP contribution in [0.15, 0.2) is 12.1 Å². The van der Waals surface area contributed by atoms with E-state index in [4.69, 9.17) is 9.84 Å². The van der Waals surface area contributed by atoms with E-state index in [1.165, 1.54) is 0 Å². The van der Waals surface area contributed by atoms with Gasteiger partial charge in [0, 0.05) is 40.3 Å². The number of ether oxygens (including phenoxy) is 1. The fourth-order valence-corrected chi connectivity index (χ4v) is 2.89. The number of fused-ring (bicyclic) bond motifs is 1. The number of rotatable bonds is 3. The van der Waals surface area contributed by atoms with E-state index in [1.54, 1.807) is 0 Å². The zero-order valence-corrected chi connectivity index (χ0v) is 10.7. The van der Waals surface area contributed by atoms with Gasteiger partial charge in [-0.05, 0) is 38.2 Å². The van der Waals surface area contributed by atoms with Crippen LogP contribution in [-0.2, 0) is 6.42 Å². The molecule has 0 unspecified atom stereocenters. The van der Waals surface area contributed by atoms with E-state index in [2.05, 4.69) is 0 Å². The highest BCUT2D eigenvalue weighted by atomic mass is 16.5. The van der Waals surface area contributed by atoms with Crippen molar-refractivity contribution in [3.8, 4) is 5.75 Å². The molecule has 96 valence electrons. The van der Waals surface area contributed by atoms with Gasteiger partial charge in [0.1, 0.15) is 11.4 Å². The summed E-state index contributed by atoms with van der Waals surface area (Å²) in [7, 11) is 0. The van der Waals surface area contributed by atoms with Crippen molar-refractivity contribution in [1.82, 2.24) is 0 Å². The van der Waals surface area contributed by atoms with E-state index >= 15 is 0 Å². The van der Waals surface area contributed by atoms with Gasteiger partial charge in [0.05, 0.1) is 0 Å². The molecule has 2 N–H and O–H groups in total. The van der Waals surface area contributed by atoms with E-state index in [-0.39, 0.29) is 12.2 Å². The van der Waals surface area contributed by atoms with Crippen molar-refractivity contribution in [3.63, 3.8) is 0 Å². The zero-order valence-electron chi connectivity index (χ0n) is 10.7. The monoisotopic (exact) mass is 248 g/mol. The lowest BCUT2D eigenvalue weighted by Crippen LogP contribution is -2.56. The standard InChI is InChI=1S/C14H17NO3/c1-14(2)6-8-4-12(15-17)11(5-13(8)18-14)10-3-9(10)7-16/h4-5,9-10,16H,3,6-7H2,1-2H3/p+1/t9-,10+/m0/s1. The average molecular weight is 248 g/mol. The van der Waals surface area contributed by atoms with Crippen molar-refractivity contribution >= 4 is 5.69 Å². The molecule has 4 heteroatoms. The quantitative estimate of drug-likeness (QED) is 0.838. The molecule has 0 aromatic heterocycles. The Bertz CT molecular complexity index is 510. The van der Waals surface area contributed by atoms with Crippen LogP contribution in [0.5, 0.6) is 5.75 Å². The molecule has 1 aliphatic carbocycles. The third-order valence-corrected chi connectivity index (χ3v) is 3.90. The molecule has 1 fully saturated rings. The molecular formula is C14H18NO3+. The van der Waals surface area contributed by atoms with Gasteiger partial charge in [0.15, 0.2) is 0 Å². The van der Waals surface area contributed by atoms with Crippen LogP contribution >= 0.6 is 0 Å². The minimum absolute atomic E-state index is 0.187. The van der Waals surface area contributed by atoms with Crippen LogP contribution in [0.25, 0.3) is 0 Å². The Hall–Kier alpha value is -1.42. The number of aliphatic hydroxyl groups excluding tert-OH is 1. The van der Waals surface area contributed by atoms with E-state index in [9.17, 15) is 4.91 Å². The van der Waals surface area contributed by atoms with Gasteiger partial charge in [0.2, 0.25) is 0 Å². The molecule has 1 aliphatic heterocycles. The number of nitrogens with one attached hydrogen (secondary N) is 1. The summed E-state index contributed by atoms with van der Waals surface area (Å²) in [5.74, 6) is 1.48. The van der Waals surface area contributed by atoms with Gasteiger partial charge in [-0.15, -0.1) is 0 Å². The molecule has 0 saturated heterocycles. The Balaban J connectivity index is 1.99. The molecule has 1 aromatic carbocycles. The molecule has 1 saturated carbocycles. The molecule has 3 rings (SSSR count). The lowest BCUT2D eigenvalue weighted by Gasteiger charge is -2.16. The summed E-state index contributed by atoms with van der Waals surface area (Å²) in [6.07, 6.45) is 1.78. The average Bonchev–Trinajstić information content (AvgIpc) is 3.03. The van der Waals surface area contributed by atoms with Gasteiger partial charge < -0.3 is 9.84 Å². The second-order valence-electron chi connectivity index (χ2n) is 5.97. The van der Waals surface area contributed by atoms with Crippen molar-refractivity contribution in [1.29, 1.82) is 0 Å². The Morgan fingerprint density at radius 1 is 1.50 bits per heavy atom. The highest BCUT2D eigenvalue weighted by Crippen LogP contribution is 2.51. The second-order valence-corrected chi connectivity index (χ2v) is 5.97. The maximum absolute atomic E-state index is 11.1. The van der Waals surface area contributed by atoms with Crippen molar-refractivity contribution in [2.24, 2.45) is 5.92 Å². The summed E-state index contributed by atoms with van der Waals surface area (Å²) in [6.45, 7) is 4.28. The van der Waals surface area contributed by atoms with Crippen molar-refractivity contribution in [2.45, 2.75) is 38.2 Å². The van der Waals surface area contributed by atoms with Crippen LogP contribution in [-0.4, -0.2) is 17.3 Å². The van der Waals surface area contributed by atoms with Crippen molar-refractivity contribution in [3.05, 3.63) is 28.2 Å². The molecule has 0 radical (unpaired) electrons. The predicted octanol–water partition coefficient (Wildman–Crippen LogP) is 0.974. The number of hydrogen-bond acceptors (Lipinski definition) is 3. The van der Waals surface area contributed by atoms with Gasteiger partial charge >= 0.3 is 0 Å². The molecule has 1 heterocycles. The van der Waals surface area contributed by atoms with Gasteiger partial charge in [-0.2, -0.15) is 0 Å². The number of aliphatic hydroxyl groups is 1. The van der Waals surface area contributed by atoms with Gasteiger partial charge in [-0.1, -0.05) is 0 Å². The Kier molecular flexibility index (Phi) is 2.45. The second kappa shape index (κ2) is 3.79. The Labute approximate surface area is 106 Å². The van der Waals surface area contributed by atoms with Crippen molar-refractivity contribution in [2.75, 3.05) is 6.61 Å². The SMILES string of the molecule is CC1(C)Cc2cc([NH+]=O)c([C@@H]3C[C@H]3CO)cc2O1. The smallest absolute Gasteiger partial charge is 0.257 e. The normalized spacial score (nSPS) is 27.5. The summed E-state index contributed by atoms with van der Waals surface area (Å²) in [5.41, 5.74) is 2.51. The lowest BCUT2D eigenvalue weighted by atomic mass is 9.98. The van der Waals surface area contributed by atoms with Gasteiger partial charge in [-0.25, -0.2) is 0 Å². The number of hydrogen-bond donors (Lipinski definition) is 2. The van der Waals surface area contributed by atoms with Crippen LogP contribution in [0, 0.1) is 10.8 Å². The van der Waals surface area contributed by atoms with E-state index in [0.29, 0.717) is 17.5 Å². The molecule has 18 heavy (non-hydrogen) atoms. The first-order valence-electron chi connectivity index (χ1n) is 6.39. The summed E-state index contributed by atoms with van der Waals surface area (Å²) < 4.78 is 5.89. The number of nitroso groups, excluding NO2 is 1. The van der Waals surface area contributed by atoms with E-state index in [0.717, 1.165) is 29.7 Å². The third-order valence-electron chi connectivity index (χ3n) is 3.90. The third kappa shape index (κ3) is 1.81. The highest BCUT2D eigenvalue weighted by Gasteiger charge is 2.42. The van der Waals surface area contributed by atoms with Crippen molar-refractivity contribution < 1.29 is 15.0 Å². The summed E-state index contributed by atoms with van der Waals surface area (Å²) in [5, 5.41) is 11.2. The summed E-state index contributed by atoms with van der Waals surface area (Å²) >= 11 is 0. The highest BCUT2D eigenvalue weighted by molar-refractivity contribution is 5.55. The molecule has 4 nitrogen and oxygen atoms in total. The summed E-state index contributed by atoms with van der Waals surface area (Å²) in [4.78, 5) is 11.1. The first-order chi connectivity index (χ1) is 8.54. The zero-order chi connectivity index (χ0) is 12.9. The van der Waals surface area contributed by atoms with Crippen LogP contribution < -0.4 is 9.91 Å². The van der Waals surface area contributed by atoms with E-state index < -0.39 is 0 Å². The fourth-order valence-electron chi connectivity index (χ4n) is 2.89. The fraction of sp³-hybridized carbons (Fsp3) is 0.571. The minimum atomic E-state index is -0.193. The molecule has 0 spiro atoms. The van der Waals surface area contributed by atoms with Crippen LogP contribution in [0.3, 0.4) is 0 Å². The van der Waals surface area contributed by atoms with Gasteiger partial charge in [-0.3, -0.25) is 0 Å². The van der Waals surface area contributed by atoms with E-state index in [1.807, 2.05) is 31.2 Å². The maximum Gasteiger partial charge on any atom is 0.257 e. The van der Waals surface area contributed by atoms with Crippen LogP contribution in [0.1, 0.15) is 37.3 Å². The topological polar surface area (TPSA) is 60.5 Å². The molecule has 0 amide bonds. The molecular weight excluding hydrogens is 230 g/mol. The predicted molar refractivity (Wildman–Crippen MR) is 66.8 cm³/mol. The molecule has 0 bridgehead atoms. The molecule has 2 aliphatic rings.